The van der Waals surface area contributed by atoms with Gasteiger partial charge in [-0.2, -0.15) is 0 Å². The highest BCUT2D eigenvalue weighted by Gasteiger charge is 2.16. The molecule has 0 radical (unpaired) electrons. The van der Waals surface area contributed by atoms with E-state index in [2.05, 4.69) is 11.2 Å². The molecule has 0 aliphatic heterocycles. The molecular formula is C14H16N2O4. The molecule has 0 bridgehead atoms. The SMILES string of the molecule is C#Cc1cc(CNC(=O)OC(C)(C)C)cc([N+](=O)[O-])c1. The summed E-state index contributed by atoms with van der Waals surface area (Å²) >= 11 is 0. The van der Waals surface area contributed by atoms with E-state index in [1.807, 2.05) is 0 Å². The number of nitro groups is 1. The Hall–Kier alpha value is -2.55. The number of carbonyl (C=O) groups is 1. The maximum Gasteiger partial charge on any atom is 0.407 e. The molecule has 0 fully saturated rings. The number of rotatable bonds is 3. The molecule has 0 aliphatic carbocycles. The molecule has 0 atom stereocenters. The molecule has 0 aromatic heterocycles. The highest BCUT2D eigenvalue weighted by atomic mass is 16.6. The van der Waals surface area contributed by atoms with Crippen molar-refractivity contribution in [2.75, 3.05) is 0 Å². The van der Waals surface area contributed by atoms with Crippen LogP contribution in [0.1, 0.15) is 31.9 Å². The van der Waals surface area contributed by atoms with Gasteiger partial charge in [-0.3, -0.25) is 10.1 Å². The number of amides is 1. The lowest BCUT2D eigenvalue weighted by atomic mass is 10.1. The van der Waals surface area contributed by atoms with Crippen molar-refractivity contribution in [2.24, 2.45) is 0 Å². The standard InChI is InChI=1S/C14H16N2O4/c1-5-10-6-11(8-12(7-10)16(18)19)9-15-13(17)20-14(2,3)4/h1,6-8H,9H2,2-4H3,(H,15,17). The monoisotopic (exact) mass is 276 g/mol. The topological polar surface area (TPSA) is 81.5 Å². The van der Waals surface area contributed by atoms with Crippen molar-refractivity contribution >= 4 is 11.8 Å². The van der Waals surface area contributed by atoms with Crippen LogP contribution in [0.3, 0.4) is 0 Å². The predicted molar refractivity (Wildman–Crippen MR) is 74.1 cm³/mol. The minimum Gasteiger partial charge on any atom is -0.444 e. The van der Waals surface area contributed by atoms with Crippen LogP contribution in [0.25, 0.3) is 0 Å². The first-order chi connectivity index (χ1) is 9.21. The van der Waals surface area contributed by atoms with Gasteiger partial charge in [0, 0.05) is 24.2 Å². The number of nitrogens with one attached hydrogen (secondary N) is 1. The van der Waals surface area contributed by atoms with Gasteiger partial charge in [-0.15, -0.1) is 6.42 Å². The first kappa shape index (κ1) is 15.5. The van der Waals surface area contributed by atoms with Gasteiger partial charge in [-0.25, -0.2) is 4.79 Å². The average molecular weight is 276 g/mol. The summed E-state index contributed by atoms with van der Waals surface area (Å²) in [6, 6.07) is 4.26. The molecule has 0 spiro atoms. The summed E-state index contributed by atoms with van der Waals surface area (Å²) in [5, 5.41) is 13.3. The number of hydrogen-bond acceptors (Lipinski definition) is 4. The molecule has 1 aromatic carbocycles. The minimum absolute atomic E-state index is 0.102. The van der Waals surface area contributed by atoms with E-state index in [9.17, 15) is 14.9 Å². The van der Waals surface area contributed by atoms with Crippen LogP contribution in [0, 0.1) is 22.5 Å². The van der Waals surface area contributed by atoms with E-state index < -0.39 is 16.6 Å². The molecule has 1 amide bonds. The minimum atomic E-state index is -0.600. The van der Waals surface area contributed by atoms with Crippen LogP contribution in [0.5, 0.6) is 0 Å². The number of terminal acetylenes is 1. The zero-order valence-corrected chi connectivity index (χ0v) is 11.6. The summed E-state index contributed by atoms with van der Waals surface area (Å²) in [6.45, 7) is 5.34. The predicted octanol–water partition coefficient (Wildman–Crippen LogP) is 2.60. The van der Waals surface area contributed by atoms with Crippen molar-refractivity contribution in [3.63, 3.8) is 0 Å². The quantitative estimate of drug-likeness (QED) is 0.522. The maximum atomic E-state index is 11.5. The molecule has 0 saturated carbocycles. The third kappa shape index (κ3) is 4.98. The second kappa shape index (κ2) is 6.06. The summed E-state index contributed by atoms with van der Waals surface area (Å²) in [6.07, 6.45) is 4.65. The van der Waals surface area contributed by atoms with Crippen LogP contribution in [0.4, 0.5) is 10.5 Å². The van der Waals surface area contributed by atoms with Gasteiger partial charge in [0.15, 0.2) is 0 Å². The van der Waals surface area contributed by atoms with E-state index >= 15 is 0 Å². The second-order valence-corrected chi connectivity index (χ2v) is 5.15. The smallest absolute Gasteiger partial charge is 0.407 e. The zero-order valence-electron chi connectivity index (χ0n) is 11.6. The molecule has 106 valence electrons. The van der Waals surface area contributed by atoms with Crippen LogP contribution in [0.2, 0.25) is 0 Å². The third-order valence-corrected chi connectivity index (χ3v) is 2.19. The number of hydrogen-bond donors (Lipinski definition) is 1. The highest BCUT2D eigenvalue weighted by molar-refractivity contribution is 5.67. The highest BCUT2D eigenvalue weighted by Crippen LogP contribution is 2.17. The molecule has 1 aromatic rings. The third-order valence-electron chi connectivity index (χ3n) is 2.19. The summed E-state index contributed by atoms with van der Waals surface area (Å²) in [4.78, 5) is 21.7. The molecule has 20 heavy (non-hydrogen) atoms. The Morgan fingerprint density at radius 2 is 2.10 bits per heavy atom. The normalized spacial score (nSPS) is 10.5. The van der Waals surface area contributed by atoms with Crippen LogP contribution < -0.4 is 5.32 Å². The molecule has 1 N–H and O–H groups in total. The molecule has 1 rings (SSSR count). The molecule has 0 aliphatic rings. The summed E-state index contributed by atoms with van der Waals surface area (Å²) < 4.78 is 5.07. The summed E-state index contributed by atoms with van der Waals surface area (Å²) in [5.41, 5.74) is 0.219. The Morgan fingerprint density at radius 1 is 1.45 bits per heavy atom. The fraction of sp³-hybridized carbons (Fsp3) is 0.357. The van der Waals surface area contributed by atoms with Crippen LogP contribution in [0.15, 0.2) is 18.2 Å². The van der Waals surface area contributed by atoms with Crippen molar-refractivity contribution in [3.8, 4) is 12.3 Å². The maximum absolute atomic E-state index is 11.5. The largest absolute Gasteiger partial charge is 0.444 e. The Balaban J connectivity index is 2.78. The number of benzene rings is 1. The van der Waals surface area contributed by atoms with Crippen molar-refractivity contribution in [1.82, 2.24) is 5.32 Å². The first-order valence-corrected chi connectivity index (χ1v) is 5.93. The van der Waals surface area contributed by atoms with Gasteiger partial charge in [0.2, 0.25) is 0 Å². The summed E-state index contributed by atoms with van der Waals surface area (Å²) in [7, 11) is 0. The zero-order chi connectivity index (χ0) is 15.3. The Morgan fingerprint density at radius 3 is 2.60 bits per heavy atom. The van der Waals surface area contributed by atoms with E-state index in [1.54, 1.807) is 26.8 Å². The van der Waals surface area contributed by atoms with Crippen LogP contribution >= 0.6 is 0 Å². The lowest BCUT2D eigenvalue weighted by Gasteiger charge is -2.19. The summed E-state index contributed by atoms with van der Waals surface area (Å²) in [5.74, 6) is 2.34. The molecule has 0 unspecified atom stereocenters. The van der Waals surface area contributed by atoms with E-state index in [-0.39, 0.29) is 12.2 Å². The lowest BCUT2D eigenvalue weighted by Crippen LogP contribution is -2.32. The van der Waals surface area contributed by atoms with E-state index in [0.29, 0.717) is 11.1 Å². The molecule has 6 nitrogen and oxygen atoms in total. The van der Waals surface area contributed by atoms with Crippen molar-refractivity contribution in [2.45, 2.75) is 32.9 Å². The van der Waals surface area contributed by atoms with Gasteiger partial charge in [-0.1, -0.05) is 5.92 Å². The second-order valence-electron chi connectivity index (χ2n) is 5.15. The number of carbonyl (C=O) groups excluding carboxylic acids is 1. The first-order valence-electron chi connectivity index (χ1n) is 5.93. The lowest BCUT2D eigenvalue weighted by molar-refractivity contribution is -0.384. The van der Waals surface area contributed by atoms with Gasteiger partial charge < -0.3 is 10.1 Å². The molecular weight excluding hydrogens is 260 g/mol. The van der Waals surface area contributed by atoms with Gasteiger partial charge >= 0.3 is 6.09 Å². The number of nitro benzene ring substituents is 1. The van der Waals surface area contributed by atoms with Gasteiger partial charge in [0.05, 0.1) is 4.92 Å². The average Bonchev–Trinajstić information content (AvgIpc) is 2.33. The fourth-order valence-electron chi connectivity index (χ4n) is 1.45. The van der Waals surface area contributed by atoms with Crippen LogP contribution in [-0.2, 0) is 11.3 Å². The molecule has 0 saturated heterocycles. The van der Waals surface area contributed by atoms with Crippen LogP contribution in [-0.4, -0.2) is 16.6 Å². The number of alkyl carbamates (subject to hydrolysis) is 1. The molecule has 0 heterocycles. The van der Waals surface area contributed by atoms with Crippen molar-refractivity contribution in [1.29, 1.82) is 0 Å². The number of nitrogens with zero attached hydrogens (tertiary/aromatic N) is 1. The molecule has 6 heteroatoms. The van der Waals surface area contributed by atoms with Crippen molar-refractivity contribution in [3.05, 3.63) is 39.4 Å². The number of non-ortho nitro benzene ring substituents is 1. The Labute approximate surface area is 117 Å². The van der Waals surface area contributed by atoms with Gasteiger partial charge in [0.25, 0.3) is 5.69 Å². The van der Waals surface area contributed by atoms with E-state index in [4.69, 9.17) is 11.2 Å². The van der Waals surface area contributed by atoms with Gasteiger partial charge in [-0.05, 0) is 32.4 Å². The van der Waals surface area contributed by atoms with E-state index in [1.165, 1.54) is 12.1 Å². The van der Waals surface area contributed by atoms with Crippen molar-refractivity contribution < 1.29 is 14.5 Å². The Kier molecular flexibility index (Phi) is 4.70. The number of ether oxygens (including phenoxy) is 1. The van der Waals surface area contributed by atoms with E-state index in [0.717, 1.165) is 0 Å². The Bertz CT molecular complexity index is 568. The fourth-order valence-corrected chi connectivity index (χ4v) is 1.45. The van der Waals surface area contributed by atoms with Gasteiger partial charge in [0.1, 0.15) is 5.60 Å².